The molecule has 1 aliphatic carbocycles. The van der Waals surface area contributed by atoms with Crippen LogP contribution in [0.25, 0.3) is 0 Å². The minimum Gasteiger partial charge on any atom is -0.314 e. The number of aromatic nitrogens is 4. The maximum Gasteiger partial charge on any atom is 0.173 e. The van der Waals surface area contributed by atoms with Crippen LogP contribution in [-0.4, -0.2) is 52.3 Å². The molecule has 0 bridgehead atoms. The first-order valence-electron chi connectivity index (χ1n) is 6.90. The number of halogens is 2. The average molecular weight is 323 g/mol. The molecule has 1 unspecified atom stereocenters. The second-order valence-electron chi connectivity index (χ2n) is 5.74. The molecule has 0 spiro atoms. The molecule has 1 aromatic rings. The average Bonchev–Trinajstić information content (AvgIpc) is 3.11. The van der Waals surface area contributed by atoms with Gasteiger partial charge in [0.2, 0.25) is 0 Å². The Bertz CT molecular complexity index is 410. The van der Waals surface area contributed by atoms with Gasteiger partial charge in [-0.3, -0.25) is 4.90 Å². The quantitative estimate of drug-likeness (QED) is 0.911. The van der Waals surface area contributed by atoms with Crippen LogP contribution in [0.1, 0.15) is 44.0 Å². The first-order valence-corrected chi connectivity index (χ1v) is 6.90. The zero-order valence-corrected chi connectivity index (χ0v) is 13.7. The molecule has 8 heteroatoms. The number of hydrogen-bond acceptors (Lipinski definition) is 5. The second-order valence-corrected chi connectivity index (χ2v) is 5.74. The molecule has 1 saturated carbocycles. The topological polar surface area (TPSA) is 58.9 Å². The summed E-state index contributed by atoms with van der Waals surface area (Å²) in [6, 6.07) is 0.507. The summed E-state index contributed by atoms with van der Waals surface area (Å²) in [6.07, 6.45) is 6.12. The third kappa shape index (κ3) is 2.79. The lowest BCUT2D eigenvalue weighted by Crippen LogP contribution is -2.45. The van der Waals surface area contributed by atoms with Crippen LogP contribution in [-0.2, 0) is 5.54 Å². The summed E-state index contributed by atoms with van der Waals surface area (Å²) in [5.74, 6) is 1.05. The lowest BCUT2D eigenvalue weighted by Gasteiger charge is -2.34. The van der Waals surface area contributed by atoms with E-state index in [1.165, 1.54) is 25.7 Å². The number of rotatable bonds is 3. The predicted octanol–water partition coefficient (Wildman–Crippen LogP) is 1.38. The van der Waals surface area contributed by atoms with Crippen LogP contribution in [0, 0.1) is 0 Å². The van der Waals surface area contributed by atoms with Gasteiger partial charge in [0.15, 0.2) is 5.82 Å². The standard InChI is InChI=1S/C12H22N6.2ClH/c1-17(2)12(7-8-13-9-12)11-14-15-16-18(11)10-5-3-4-6-10;;/h10,13H,3-9H2,1-2H3;2*1H. The molecule has 2 heterocycles. The van der Waals surface area contributed by atoms with E-state index >= 15 is 0 Å². The molecule has 6 nitrogen and oxygen atoms in total. The fourth-order valence-corrected chi connectivity index (χ4v) is 3.35. The van der Waals surface area contributed by atoms with Gasteiger partial charge < -0.3 is 5.32 Å². The predicted molar refractivity (Wildman–Crippen MR) is 82.7 cm³/mol. The number of nitrogens with one attached hydrogen (secondary N) is 1. The first-order chi connectivity index (χ1) is 8.74. The van der Waals surface area contributed by atoms with Crippen molar-refractivity contribution in [1.29, 1.82) is 0 Å². The van der Waals surface area contributed by atoms with Crippen molar-refractivity contribution in [3.8, 4) is 0 Å². The van der Waals surface area contributed by atoms with E-state index in [1.54, 1.807) is 0 Å². The summed E-state index contributed by atoms with van der Waals surface area (Å²) < 4.78 is 2.10. The van der Waals surface area contributed by atoms with Crippen molar-refractivity contribution in [3.63, 3.8) is 0 Å². The monoisotopic (exact) mass is 322 g/mol. The van der Waals surface area contributed by atoms with E-state index in [0.29, 0.717) is 6.04 Å². The molecule has 0 radical (unpaired) electrons. The second kappa shape index (κ2) is 7.02. The Morgan fingerprint density at radius 1 is 1.25 bits per heavy atom. The minimum atomic E-state index is -0.0356. The largest absolute Gasteiger partial charge is 0.314 e. The maximum absolute atomic E-state index is 4.36. The Balaban J connectivity index is 0.000001000. The van der Waals surface area contributed by atoms with E-state index in [1.807, 2.05) is 0 Å². The Morgan fingerprint density at radius 3 is 2.50 bits per heavy atom. The van der Waals surface area contributed by atoms with Gasteiger partial charge in [-0.25, -0.2) is 4.68 Å². The number of hydrogen-bond donors (Lipinski definition) is 1. The van der Waals surface area contributed by atoms with Crippen molar-refractivity contribution >= 4 is 24.8 Å². The van der Waals surface area contributed by atoms with Crippen LogP contribution >= 0.6 is 24.8 Å². The highest BCUT2D eigenvalue weighted by Crippen LogP contribution is 2.36. The van der Waals surface area contributed by atoms with E-state index in [9.17, 15) is 0 Å². The molecule has 20 heavy (non-hydrogen) atoms. The third-order valence-corrected chi connectivity index (χ3v) is 4.57. The van der Waals surface area contributed by atoms with Crippen LogP contribution < -0.4 is 5.32 Å². The van der Waals surface area contributed by atoms with Gasteiger partial charge in [-0.15, -0.1) is 29.9 Å². The highest BCUT2D eigenvalue weighted by Gasteiger charge is 2.43. The van der Waals surface area contributed by atoms with Gasteiger partial charge >= 0.3 is 0 Å². The Morgan fingerprint density at radius 2 is 1.95 bits per heavy atom. The van der Waals surface area contributed by atoms with Gasteiger partial charge in [-0.2, -0.15) is 0 Å². The molecule has 2 fully saturated rings. The third-order valence-electron chi connectivity index (χ3n) is 4.57. The van der Waals surface area contributed by atoms with Crippen LogP contribution in [0.3, 0.4) is 0 Å². The molecular formula is C12H24Cl2N6. The summed E-state index contributed by atoms with van der Waals surface area (Å²) in [7, 11) is 4.25. The zero-order valence-electron chi connectivity index (χ0n) is 12.1. The molecule has 1 aromatic heterocycles. The SMILES string of the molecule is CN(C)C1(c2nnnn2C2CCCC2)CCNC1.Cl.Cl. The van der Waals surface area contributed by atoms with Gasteiger partial charge in [-0.1, -0.05) is 12.8 Å². The van der Waals surface area contributed by atoms with Gasteiger partial charge in [0.05, 0.1) is 11.6 Å². The van der Waals surface area contributed by atoms with Crippen LogP contribution in [0.2, 0.25) is 0 Å². The fourth-order valence-electron chi connectivity index (χ4n) is 3.35. The van der Waals surface area contributed by atoms with Crippen molar-refractivity contribution in [3.05, 3.63) is 5.82 Å². The van der Waals surface area contributed by atoms with Crippen molar-refractivity contribution in [1.82, 2.24) is 30.4 Å². The van der Waals surface area contributed by atoms with Crippen molar-refractivity contribution in [2.24, 2.45) is 0 Å². The van der Waals surface area contributed by atoms with Gasteiger partial charge in [0.1, 0.15) is 0 Å². The fraction of sp³-hybridized carbons (Fsp3) is 0.917. The molecule has 1 saturated heterocycles. The maximum atomic E-state index is 4.36. The van der Waals surface area contributed by atoms with E-state index < -0.39 is 0 Å². The lowest BCUT2D eigenvalue weighted by molar-refractivity contribution is 0.151. The van der Waals surface area contributed by atoms with Crippen LogP contribution in [0.15, 0.2) is 0 Å². The van der Waals surface area contributed by atoms with Gasteiger partial charge in [0, 0.05) is 6.54 Å². The molecule has 1 atom stereocenters. The molecule has 3 rings (SSSR count). The van der Waals surface area contributed by atoms with E-state index in [4.69, 9.17) is 0 Å². The Kier molecular flexibility index (Phi) is 6.19. The molecule has 0 aromatic carbocycles. The number of tetrazole rings is 1. The Hall–Kier alpha value is -0.430. The zero-order chi connectivity index (χ0) is 12.6. The summed E-state index contributed by atoms with van der Waals surface area (Å²) in [5, 5.41) is 16.0. The first kappa shape index (κ1) is 17.6. The van der Waals surface area contributed by atoms with E-state index in [-0.39, 0.29) is 30.4 Å². The summed E-state index contributed by atoms with van der Waals surface area (Å²) in [4.78, 5) is 2.27. The highest BCUT2D eigenvalue weighted by molar-refractivity contribution is 5.85. The van der Waals surface area contributed by atoms with Crippen LogP contribution in [0.4, 0.5) is 0 Å². The summed E-state index contributed by atoms with van der Waals surface area (Å²) in [5.41, 5.74) is -0.0356. The summed E-state index contributed by atoms with van der Waals surface area (Å²) in [6.45, 7) is 1.98. The molecule has 0 amide bonds. The van der Waals surface area contributed by atoms with Crippen molar-refractivity contribution < 1.29 is 0 Å². The number of nitrogens with zero attached hydrogens (tertiary/aromatic N) is 5. The molecule has 116 valence electrons. The molecule has 2 aliphatic rings. The van der Waals surface area contributed by atoms with Crippen molar-refractivity contribution in [2.45, 2.75) is 43.7 Å². The summed E-state index contributed by atoms with van der Waals surface area (Å²) >= 11 is 0. The molecule has 1 aliphatic heterocycles. The smallest absolute Gasteiger partial charge is 0.173 e. The number of likely N-dealkylation sites (N-methyl/N-ethyl adjacent to an activating group) is 1. The van der Waals surface area contributed by atoms with Gasteiger partial charge in [0.25, 0.3) is 0 Å². The normalized spacial score (nSPS) is 26.6. The van der Waals surface area contributed by atoms with E-state index in [2.05, 4.69) is 44.5 Å². The Labute approximate surface area is 132 Å². The van der Waals surface area contributed by atoms with Crippen molar-refractivity contribution in [2.75, 3.05) is 27.2 Å². The van der Waals surface area contributed by atoms with E-state index in [0.717, 1.165) is 25.3 Å². The molecule has 1 N–H and O–H groups in total. The lowest BCUT2D eigenvalue weighted by atomic mass is 9.95. The minimum absolute atomic E-state index is 0. The highest BCUT2D eigenvalue weighted by atomic mass is 35.5. The van der Waals surface area contributed by atoms with Crippen LogP contribution in [0.5, 0.6) is 0 Å². The van der Waals surface area contributed by atoms with Gasteiger partial charge in [-0.05, 0) is 50.3 Å². The molecular weight excluding hydrogens is 299 g/mol.